The van der Waals surface area contributed by atoms with Gasteiger partial charge in [0.2, 0.25) is 0 Å². The fraction of sp³-hybridized carbons (Fsp3) is 0.133. The quantitative estimate of drug-likeness (QED) is 0.365. The second-order valence-electron chi connectivity index (χ2n) is 4.75. The maximum absolute atomic E-state index is 11.1. The van der Waals surface area contributed by atoms with Crippen LogP contribution in [0.3, 0.4) is 0 Å². The van der Waals surface area contributed by atoms with Crippen LogP contribution in [-0.2, 0) is 0 Å². The summed E-state index contributed by atoms with van der Waals surface area (Å²) in [6.45, 7) is 1.76. The molecule has 2 rings (SSSR count). The summed E-state index contributed by atoms with van der Waals surface area (Å²) in [7, 11) is 0. The molecule has 2 aromatic rings. The first-order valence-electron chi connectivity index (χ1n) is 6.80. The molecule has 0 saturated heterocycles. The van der Waals surface area contributed by atoms with E-state index in [9.17, 15) is 20.2 Å². The van der Waals surface area contributed by atoms with E-state index in [1.807, 2.05) is 30.5 Å². The lowest BCUT2D eigenvalue weighted by molar-refractivity contribution is -0.393. The Morgan fingerprint density at radius 1 is 1.08 bits per heavy atom. The van der Waals surface area contributed by atoms with Gasteiger partial charge in [-0.3, -0.25) is 25.7 Å². The Kier molecular flexibility index (Phi) is 5.48. The number of hydrazone groups is 1. The van der Waals surface area contributed by atoms with E-state index in [0.29, 0.717) is 5.71 Å². The van der Waals surface area contributed by atoms with Crippen molar-refractivity contribution < 1.29 is 9.85 Å². The second-order valence-corrected chi connectivity index (χ2v) is 5.63. The maximum Gasteiger partial charge on any atom is 0.301 e. The summed E-state index contributed by atoms with van der Waals surface area (Å²) in [5, 5.41) is 25.9. The molecule has 0 aliphatic carbocycles. The lowest BCUT2D eigenvalue weighted by Crippen LogP contribution is -2.02. The van der Waals surface area contributed by atoms with Crippen LogP contribution in [0.5, 0.6) is 0 Å². The standard InChI is InChI=1S/C15H14N4O4S/c1-10(11-3-6-13(24-2)7-4-11)16-17-14-8-5-12(18(20)21)9-15(14)19(22)23/h3-9,17H,1-2H3. The highest BCUT2D eigenvalue weighted by Crippen LogP contribution is 2.29. The average molecular weight is 346 g/mol. The number of hydrogen-bond acceptors (Lipinski definition) is 7. The molecule has 9 heteroatoms. The van der Waals surface area contributed by atoms with Crippen molar-refractivity contribution in [1.29, 1.82) is 0 Å². The Bertz CT molecular complexity index is 806. The van der Waals surface area contributed by atoms with Gasteiger partial charge in [0.1, 0.15) is 5.69 Å². The summed E-state index contributed by atoms with van der Waals surface area (Å²) < 4.78 is 0. The van der Waals surface area contributed by atoms with Crippen LogP contribution < -0.4 is 5.43 Å². The first-order chi connectivity index (χ1) is 11.4. The van der Waals surface area contributed by atoms with E-state index in [-0.39, 0.29) is 11.4 Å². The van der Waals surface area contributed by atoms with Crippen molar-refractivity contribution in [3.05, 3.63) is 68.3 Å². The molecular formula is C15H14N4O4S. The zero-order valence-electron chi connectivity index (χ0n) is 12.9. The monoisotopic (exact) mass is 346 g/mol. The van der Waals surface area contributed by atoms with Crippen LogP contribution in [0.15, 0.2) is 52.5 Å². The van der Waals surface area contributed by atoms with Gasteiger partial charge in [0.15, 0.2) is 0 Å². The Hall–Kier alpha value is -2.94. The van der Waals surface area contributed by atoms with Crippen molar-refractivity contribution in [2.75, 3.05) is 11.7 Å². The zero-order valence-corrected chi connectivity index (χ0v) is 13.7. The van der Waals surface area contributed by atoms with E-state index in [1.54, 1.807) is 18.7 Å². The molecule has 0 unspecified atom stereocenters. The van der Waals surface area contributed by atoms with Crippen LogP contribution in [0.4, 0.5) is 17.1 Å². The van der Waals surface area contributed by atoms with Crippen LogP contribution >= 0.6 is 11.8 Å². The van der Waals surface area contributed by atoms with Crippen molar-refractivity contribution in [2.24, 2.45) is 5.10 Å². The van der Waals surface area contributed by atoms with Gasteiger partial charge in [-0.05, 0) is 36.9 Å². The summed E-state index contributed by atoms with van der Waals surface area (Å²) in [6, 6.07) is 11.1. The van der Waals surface area contributed by atoms with Gasteiger partial charge < -0.3 is 0 Å². The molecule has 1 N–H and O–H groups in total. The maximum atomic E-state index is 11.1. The Balaban J connectivity index is 2.26. The highest BCUT2D eigenvalue weighted by molar-refractivity contribution is 7.98. The number of benzene rings is 2. The number of nitrogens with zero attached hydrogens (tertiary/aromatic N) is 3. The molecule has 8 nitrogen and oxygen atoms in total. The fourth-order valence-electron chi connectivity index (χ4n) is 1.92. The molecule has 0 radical (unpaired) electrons. The Morgan fingerprint density at radius 2 is 1.75 bits per heavy atom. The van der Waals surface area contributed by atoms with E-state index in [0.717, 1.165) is 16.5 Å². The molecule has 2 aromatic carbocycles. The van der Waals surface area contributed by atoms with Gasteiger partial charge >= 0.3 is 5.69 Å². The minimum absolute atomic E-state index is 0.0886. The van der Waals surface area contributed by atoms with Crippen LogP contribution in [0, 0.1) is 20.2 Å². The normalized spacial score (nSPS) is 11.2. The molecule has 0 saturated carbocycles. The average Bonchev–Trinajstić information content (AvgIpc) is 2.59. The molecule has 124 valence electrons. The van der Waals surface area contributed by atoms with Crippen molar-refractivity contribution in [3.8, 4) is 0 Å². The Morgan fingerprint density at radius 3 is 2.29 bits per heavy atom. The second kappa shape index (κ2) is 7.55. The van der Waals surface area contributed by atoms with E-state index in [2.05, 4.69) is 10.5 Å². The fourth-order valence-corrected chi connectivity index (χ4v) is 2.33. The van der Waals surface area contributed by atoms with Crippen molar-refractivity contribution >= 4 is 34.5 Å². The summed E-state index contributed by atoms with van der Waals surface area (Å²) in [6.07, 6.45) is 1.98. The largest absolute Gasteiger partial charge is 0.301 e. The smallest absolute Gasteiger partial charge is 0.271 e. The van der Waals surface area contributed by atoms with Crippen molar-refractivity contribution in [2.45, 2.75) is 11.8 Å². The first-order valence-corrected chi connectivity index (χ1v) is 8.02. The molecule has 24 heavy (non-hydrogen) atoms. The number of nitro benzene ring substituents is 2. The summed E-state index contributed by atoms with van der Waals surface area (Å²) in [5.41, 5.74) is 3.44. The molecule has 0 atom stereocenters. The Labute approximate surface area is 141 Å². The number of thioether (sulfide) groups is 1. The van der Waals surface area contributed by atoms with Gasteiger partial charge in [0.05, 0.1) is 21.6 Å². The first kappa shape index (κ1) is 17.4. The van der Waals surface area contributed by atoms with Gasteiger partial charge in [-0.2, -0.15) is 5.10 Å². The van der Waals surface area contributed by atoms with Gasteiger partial charge in [-0.15, -0.1) is 11.8 Å². The molecule has 0 spiro atoms. The molecule has 0 bridgehead atoms. The summed E-state index contributed by atoms with van der Waals surface area (Å²) in [4.78, 5) is 21.5. The zero-order chi connectivity index (χ0) is 17.7. The molecular weight excluding hydrogens is 332 g/mol. The van der Waals surface area contributed by atoms with Gasteiger partial charge in [-0.25, -0.2) is 0 Å². The summed E-state index contributed by atoms with van der Waals surface area (Å²) in [5.74, 6) is 0. The number of nitrogens with one attached hydrogen (secondary N) is 1. The predicted molar refractivity (Wildman–Crippen MR) is 93.8 cm³/mol. The minimum Gasteiger partial charge on any atom is -0.271 e. The van der Waals surface area contributed by atoms with Crippen LogP contribution in [0.1, 0.15) is 12.5 Å². The van der Waals surface area contributed by atoms with E-state index in [4.69, 9.17) is 0 Å². The third-order valence-corrected chi connectivity index (χ3v) is 3.98. The van der Waals surface area contributed by atoms with E-state index < -0.39 is 15.5 Å². The number of hydrogen-bond donors (Lipinski definition) is 1. The van der Waals surface area contributed by atoms with Gasteiger partial charge in [0.25, 0.3) is 5.69 Å². The molecule has 0 heterocycles. The van der Waals surface area contributed by atoms with Gasteiger partial charge in [-0.1, -0.05) is 12.1 Å². The van der Waals surface area contributed by atoms with Crippen LogP contribution in [-0.4, -0.2) is 21.8 Å². The number of nitro groups is 2. The van der Waals surface area contributed by atoms with E-state index in [1.165, 1.54) is 12.1 Å². The minimum atomic E-state index is -0.687. The van der Waals surface area contributed by atoms with Crippen LogP contribution in [0.2, 0.25) is 0 Å². The molecule has 0 aromatic heterocycles. The molecule has 0 fully saturated rings. The molecule has 0 aliphatic rings. The van der Waals surface area contributed by atoms with Crippen LogP contribution in [0.25, 0.3) is 0 Å². The highest BCUT2D eigenvalue weighted by Gasteiger charge is 2.19. The lowest BCUT2D eigenvalue weighted by Gasteiger charge is -2.05. The number of rotatable bonds is 6. The molecule has 0 amide bonds. The van der Waals surface area contributed by atoms with E-state index >= 15 is 0 Å². The highest BCUT2D eigenvalue weighted by atomic mass is 32.2. The summed E-state index contributed by atoms with van der Waals surface area (Å²) >= 11 is 1.62. The van der Waals surface area contributed by atoms with Crippen molar-refractivity contribution in [1.82, 2.24) is 0 Å². The topological polar surface area (TPSA) is 111 Å². The molecule has 0 aliphatic heterocycles. The third kappa shape index (κ3) is 4.07. The lowest BCUT2D eigenvalue weighted by atomic mass is 10.1. The van der Waals surface area contributed by atoms with Crippen molar-refractivity contribution in [3.63, 3.8) is 0 Å². The van der Waals surface area contributed by atoms with Gasteiger partial charge in [0, 0.05) is 11.0 Å². The number of non-ortho nitro benzene ring substituents is 1. The third-order valence-electron chi connectivity index (χ3n) is 3.24. The number of anilines is 1. The predicted octanol–water partition coefficient (Wildman–Crippen LogP) is 4.06. The SMILES string of the molecule is CSc1ccc(C(C)=NNc2ccc([N+](=O)[O-])cc2[N+](=O)[O-])cc1.